The summed E-state index contributed by atoms with van der Waals surface area (Å²) in [6.07, 6.45) is 0.163. The average Bonchev–Trinajstić information content (AvgIpc) is 2.54. The molecule has 2 atom stereocenters. The van der Waals surface area contributed by atoms with E-state index >= 15 is 0 Å². The standard InChI is InChI=1S/C18H17ClN2O2/c1-11(12-6-8-13(19)9-7-12)20-18(23)15-10-17(22)21-16-5-3-2-4-14(15)16/h2-9,11,15H,10H2,1H3,(H,20,23)(H,21,22). The van der Waals surface area contributed by atoms with Crippen molar-refractivity contribution in [3.8, 4) is 0 Å². The van der Waals surface area contributed by atoms with E-state index in [0.29, 0.717) is 10.7 Å². The second kappa shape index (κ2) is 6.42. The lowest BCUT2D eigenvalue weighted by molar-refractivity contribution is -0.126. The summed E-state index contributed by atoms with van der Waals surface area (Å²) in [7, 11) is 0. The zero-order valence-electron chi connectivity index (χ0n) is 12.7. The van der Waals surface area contributed by atoms with Crippen molar-refractivity contribution in [1.82, 2.24) is 5.32 Å². The molecule has 1 aliphatic rings. The average molecular weight is 329 g/mol. The van der Waals surface area contributed by atoms with Crippen molar-refractivity contribution in [2.24, 2.45) is 0 Å². The number of hydrogen-bond acceptors (Lipinski definition) is 2. The molecule has 0 spiro atoms. The van der Waals surface area contributed by atoms with E-state index in [2.05, 4.69) is 10.6 Å². The summed E-state index contributed by atoms with van der Waals surface area (Å²) in [5.41, 5.74) is 2.53. The van der Waals surface area contributed by atoms with Crippen LogP contribution in [0.25, 0.3) is 0 Å². The fourth-order valence-corrected chi connectivity index (χ4v) is 2.92. The molecule has 0 bridgehead atoms. The number of hydrogen-bond donors (Lipinski definition) is 2. The third kappa shape index (κ3) is 3.37. The molecule has 2 aromatic rings. The van der Waals surface area contributed by atoms with Crippen LogP contribution in [0, 0.1) is 0 Å². The highest BCUT2D eigenvalue weighted by atomic mass is 35.5. The Morgan fingerprint density at radius 1 is 1.22 bits per heavy atom. The first-order valence-corrected chi connectivity index (χ1v) is 7.87. The quantitative estimate of drug-likeness (QED) is 0.903. The molecule has 0 fully saturated rings. The van der Waals surface area contributed by atoms with E-state index < -0.39 is 5.92 Å². The highest BCUT2D eigenvalue weighted by molar-refractivity contribution is 6.30. The second-order valence-electron chi connectivity index (χ2n) is 5.67. The van der Waals surface area contributed by atoms with Crippen LogP contribution in [-0.4, -0.2) is 11.8 Å². The monoisotopic (exact) mass is 328 g/mol. The molecule has 4 nitrogen and oxygen atoms in total. The molecule has 23 heavy (non-hydrogen) atoms. The Labute approximate surface area is 139 Å². The number of para-hydroxylation sites is 1. The Morgan fingerprint density at radius 3 is 2.65 bits per heavy atom. The molecule has 5 heteroatoms. The van der Waals surface area contributed by atoms with Crippen LogP contribution in [0.1, 0.15) is 36.4 Å². The second-order valence-corrected chi connectivity index (χ2v) is 6.11. The number of carbonyl (C=O) groups excluding carboxylic acids is 2. The number of rotatable bonds is 3. The van der Waals surface area contributed by atoms with Gasteiger partial charge in [0.1, 0.15) is 0 Å². The molecule has 2 amide bonds. The maximum Gasteiger partial charge on any atom is 0.228 e. The number of anilines is 1. The molecule has 0 radical (unpaired) electrons. The third-order valence-electron chi connectivity index (χ3n) is 4.05. The van der Waals surface area contributed by atoms with Crippen molar-refractivity contribution in [2.45, 2.75) is 25.3 Å². The van der Waals surface area contributed by atoms with Crippen LogP contribution < -0.4 is 10.6 Å². The molecule has 0 aromatic heterocycles. The molecule has 2 N–H and O–H groups in total. The zero-order valence-corrected chi connectivity index (χ0v) is 13.4. The van der Waals surface area contributed by atoms with Crippen molar-refractivity contribution >= 4 is 29.1 Å². The largest absolute Gasteiger partial charge is 0.349 e. The molecular weight excluding hydrogens is 312 g/mol. The SMILES string of the molecule is CC(NC(=O)C1CC(=O)Nc2ccccc21)c1ccc(Cl)cc1. The molecule has 2 aromatic carbocycles. The minimum Gasteiger partial charge on any atom is -0.349 e. The maximum atomic E-state index is 12.6. The molecule has 118 valence electrons. The van der Waals surface area contributed by atoms with Gasteiger partial charge in [-0.2, -0.15) is 0 Å². The smallest absolute Gasteiger partial charge is 0.228 e. The molecule has 1 aliphatic heterocycles. The van der Waals surface area contributed by atoms with E-state index in [1.54, 1.807) is 12.1 Å². The lowest BCUT2D eigenvalue weighted by Crippen LogP contribution is -2.36. The van der Waals surface area contributed by atoms with Crippen molar-refractivity contribution in [2.75, 3.05) is 5.32 Å². The van der Waals surface area contributed by atoms with Gasteiger partial charge in [-0.1, -0.05) is 41.9 Å². The molecule has 0 aliphatic carbocycles. The minimum atomic E-state index is -0.463. The van der Waals surface area contributed by atoms with Crippen molar-refractivity contribution in [1.29, 1.82) is 0 Å². The van der Waals surface area contributed by atoms with Gasteiger partial charge in [0.15, 0.2) is 0 Å². The first kappa shape index (κ1) is 15.6. The van der Waals surface area contributed by atoms with Gasteiger partial charge in [-0.05, 0) is 36.2 Å². The van der Waals surface area contributed by atoms with Crippen LogP contribution in [-0.2, 0) is 9.59 Å². The summed E-state index contributed by atoms with van der Waals surface area (Å²) in [5.74, 6) is -0.743. The Bertz CT molecular complexity index is 743. The first-order chi connectivity index (χ1) is 11.0. The molecule has 1 heterocycles. The molecular formula is C18H17ClN2O2. The van der Waals surface area contributed by atoms with Gasteiger partial charge in [-0.3, -0.25) is 9.59 Å². The molecule has 0 saturated heterocycles. The zero-order chi connectivity index (χ0) is 16.4. The predicted molar refractivity (Wildman–Crippen MR) is 90.4 cm³/mol. The Morgan fingerprint density at radius 2 is 1.91 bits per heavy atom. The maximum absolute atomic E-state index is 12.6. The van der Waals surface area contributed by atoms with E-state index in [0.717, 1.165) is 11.1 Å². The topological polar surface area (TPSA) is 58.2 Å². The number of amides is 2. The fraction of sp³-hybridized carbons (Fsp3) is 0.222. The van der Waals surface area contributed by atoms with E-state index in [-0.39, 0.29) is 24.3 Å². The predicted octanol–water partition coefficient (Wildman–Crippen LogP) is 3.64. The number of nitrogens with one attached hydrogen (secondary N) is 2. The normalized spacial score (nSPS) is 17.8. The summed E-state index contributed by atoms with van der Waals surface area (Å²) < 4.78 is 0. The minimum absolute atomic E-state index is 0.136. The van der Waals surface area contributed by atoms with E-state index in [9.17, 15) is 9.59 Å². The molecule has 0 saturated carbocycles. The molecule has 2 unspecified atom stereocenters. The van der Waals surface area contributed by atoms with Gasteiger partial charge in [-0.25, -0.2) is 0 Å². The van der Waals surface area contributed by atoms with Crippen LogP contribution in [0.2, 0.25) is 5.02 Å². The summed E-state index contributed by atoms with van der Waals surface area (Å²) in [4.78, 5) is 24.5. The van der Waals surface area contributed by atoms with Gasteiger partial charge in [-0.15, -0.1) is 0 Å². The summed E-state index contributed by atoms with van der Waals surface area (Å²) in [6.45, 7) is 1.91. The Kier molecular flexibility index (Phi) is 4.35. The third-order valence-corrected chi connectivity index (χ3v) is 4.30. The van der Waals surface area contributed by atoms with Gasteiger partial charge >= 0.3 is 0 Å². The van der Waals surface area contributed by atoms with Gasteiger partial charge in [0, 0.05) is 17.1 Å². The van der Waals surface area contributed by atoms with Crippen LogP contribution in [0.15, 0.2) is 48.5 Å². The number of benzene rings is 2. The van der Waals surface area contributed by atoms with E-state index in [1.807, 2.05) is 43.3 Å². The number of halogens is 1. The summed E-state index contributed by atoms with van der Waals surface area (Å²) >= 11 is 5.88. The Balaban J connectivity index is 1.78. The van der Waals surface area contributed by atoms with E-state index in [1.165, 1.54) is 0 Å². The molecule has 3 rings (SSSR count). The highest BCUT2D eigenvalue weighted by Crippen LogP contribution is 2.32. The van der Waals surface area contributed by atoms with Crippen molar-refractivity contribution < 1.29 is 9.59 Å². The number of carbonyl (C=O) groups is 2. The summed E-state index contributed by atoms with van der Waals surface area (Å²) in [5, 5.41) is 6.44. The summed E-state index contributed by atoms with van der Waals surface area (Å²) in [6, 6.07) is 14.6. The van der Waals surface area contributed by atoms with E-state index in [4.69, 9.17) is 11.6 Å². The van der Waals surface area contributed by atoms with Crippen molar-refractivity contribution in [3.63, 3.8) is 0 Å². The first-order valence-electron chi connectivity index (χ1n) is 7.49. The lowest BCUT2D eigenvalue weighted by Gasteiger charge is -2.26. The Hall–Kier alpha value is -2.33. The van der Waals surface area contributed by atoms with Gasteiger partial charge in [0.2, 0.25) is 11.8 Å². The van der Waals surface area contributed by atoms with Crippen LogP contribution in [0.5, 0.6) is 0 Å². The van der Waals surface area contributed by atoms with Crippen LogP contribution in [0.3, 0.4) is 0 Å². The van der Waals surface area contributed by atoms with Crippen molar-refractivity contribution in [3.05, 3.63) is 64.7 Å². The van der Waals surface area contributed by atoms with Crippen LogP contribution in [0.4, 0.5) is 5.69 Å². The number of fused-ring (bicyclic) bond motifs is 1. The lowest BCUT2D eigenvalue weighted by atomic mass is 9.89. The van der Waals surface area contributed by atoms with Gasteiger partial charge in [0.25, 0.3) is 0 Å². The fourth-order valence-electron chi connectivity index (χ4n) is 2.79. The highest BCUT2D eigenvalue weighted by Gasteiger charge is 2.31. The van der Waals surface area contributed by atoms with Gasteiger partial charge < -0.3 is 10.6 Å². The van der Waals surface area contributed by atoms with Gasteiger partial charge in [0.05, 0.1) is 12.0 Å². The van der Waals surface area contributed by atoms with Crippen LogP contribution >= 0.6 is 11.6 Å².